The van der Waals surface area contributed by atoms with Gasteiger partial charge in [0.05, 0.1) is 12.4 Å². The van der Waals surface area contributed by atoms with Crippen LogP contribution in [-0.2, 0) is 6.54 Å². The van der Waals surface area contributed by atoms with Gasteiger partial charge in [0.15, 0.2) is 5.69 Å². The zero-order valence-electron chi connectivity index (χ0n) is 10.8. The number of thioether (sulfide) groups is 1. The molecule has 1 heterocycles. The van der Waals surface area contributed by atoms with Gasteiger partial charge in [0, 0.05) is 11.4 Å². The van der Waals surface area contributed by atoms with Crippen LogP contribution < -0.4 is 5.32 Å². The van der Waals surface area contributed by atoms with E-state index in [9.17, 15) is 0 Å². The average molecular weight is 270 g/mol. The Kier molecular flexibility index (Phi) is 4.37. The summed E-state index contributed by atoms with van der Waals surface area (Å²) in [5.41, 5.74) is 2.81. The summed E-state index contributed by atoms with van der Waals surface area (Å²) in [4.78, 5) is 9.37. The SMILES string of the molecule is CSc1cc(C)ccc1CNc1cnc(C#N)cn1. The molecule has 0 aliphatic carbocycles. The fourth-order valence-electron chi connectivity index (χ4n) is 1.66. The smallest absolute Gasteiger partial charge is 0.158 e. The molecular formula is C14H14N4S. The van der Waals surface area contributed by atoms with Crippen molar-refractivity contribution in [1.82, 2.24) is 9.97 Å². The highest BCUT2D eigenvalue weighted by atomic mass is 32.2. The van der Waals surface area contributed by atoms with Crippen molar-refractivity contribution in [3.63, 3.8) is 0 Å². The Bertz CT molecular complexity index is 602. The summed E-state index contributed by atoms with van der Waals surface area (Å²) in [6.45, 7) is 2.78. The van der Waals surface area contributed by atoms with Gasteiger partial charge in [0.1, 0.15) is 11.9 Å². The van der Waals surface area contributed by atoms with E-state index in [0.717, 1.165) is 0 Å². The third kappa shape index (κ3) is 3.46. The Morgan fingerprint density at radius 1 is 1.32 bits per heavy atom. The van der Waals surface area contributed by atoms with Crippen molar-refractivity contribution in [2.24, 2.45) is 0 Å². The van der Waals surface area contributed by atoms with Gasteiger partial charge in [-0.15, -0.1) is 11.8 Å². The first kappa shape index (κ1) is 13.4. The summed E-state index contributed by atoms with van der Waals surface area (Å²) in [5.74, 6) is 0.673. The molecule has 19 heavy (non-hydrogen) atoms. The van der Waals surface area contributed by atoms with Gasteiger partial charge < -0.3 is 5.32 Å². The quantitative estimate of drug-likeness (QED) is 0.865. The second-order valence-electron chi connectivity index (χ2n) is 4.07. The minimum absolute atomic E-state index is 0.325. The largest absolute Gasteiger partial charge is 0.365 e. The van der Waals surface area contributed by atoms with E-state index in [1.807, 2.05) is 6.07 Å². The predicted molar refractivity (Wildman–Crippen MR) is 77.0 cm³/mol. The summed E-state index contributed by atoms with van der Waals surface area (Å²) in [7, 11) is 0. The number of aryl methyl sites for hydroxylation is 1. The molecule has 0 aliphatic heterocycles. The van der Waals surface area contributed by atoms with E-state index in [2.05, 4.69) is 46.7 Å². The molecule has 96 valence electrons. The first-order valence-corrected chi connectivity index (χ1v) is 7.05. The lowest BCUT2D eigenvalue weighted by atomic mass is 10.1. The van der Waals surface area contributed by atoms with E-state index in [-0.39, 0.29) is 0 Å². The topological polar surface area (TPSA) is 61.6 Å². The van der Waals surface area contributed by atoms with Crippen LogP contribution >= 0.6 is 11.8 Å². The monoisotopic (exact) mass is 270 g/mol. The molecule has 4 nitrogen and oxygen atoms in total. The van der Waals surface area contributed by atoms with Crippen molar-refractivity contribution < 1.29 is 0 Å². The number of nitrogens with one attached hydrogen (secondary N) is 1. The molecule has 0 saturated carbocycles. The Balaban J connectivity index is 2.07. The van der Waals surface area contributed by atoms with E-state index in [4.69, 9.17) is 5.26 Å². The van der Waals surface area contributed by atoms with Crippen LogP contribution in [0.3, 0.4) is 0 Å². The minimum Gasteiger partial charge on any atom is -0.365 e. The molecule has 2 aromatic rings. The summed E-state index contributed by atoms with van der Waals surface area (Å²) >= 11 is 1.73. The lowest BCUT2D eigenvalue weighted by molar-refractivity contribution is 1.04. The van der Waals surface area contributed by atoms with Crippen molar-refractivity contribution in [2.75, 3.05) is 11.6 Å². The summed E-state index contributed by atoms with van der Waals surface area (Å²) in [6.07, 6.45) is 5.11. The van der Waals surface area contributed by atoms with Crippen molar-refractivity contribution >= 4 is 17.6 Å². The maximum atomic E-state index is 8.66. The van der Waals surface area contributed by atoms with E-state index in [0.29, 0.717) is 18.1 Å². The van der Waals surface area contributed by atoms with Gasteiger partial charge in [0.25, 0.3) is 0 Å². The zero-order valence-corrected chi connectivity index (χ0v) is 11.7. The van der Waals surface area contributed by atoms with Crippen molar-refractivity contribution in [3.8, 4) is 6.07 Å². The molecule has 0 aliphatic rings. The van der Waals surface area contributed by atoms with Crippen LogP contribution in [0.25, 0.3) is 0 Å². The number of rotatable bonds is 4. The second kappa shape index (κ2) is 6.21. The molecule has 1 N–H and O–H groups in total. The number of benzene rings is 1. The molecule has 0 spiro atoms. The van der Waals surface area contributed by atoms with Crippen LogP contribution in [0.2, 0.25) is 0 Å². The number of aromatic nitrogens is 2. The third-order valence-electron chi connectivity index (χ3n) is 2.67. The molecule has 2 rings (SSSR count). The molecule has 0 fully saturated rings. The number of nitrogens with zero attached hydrogens (tertiary/aromatic N) is 3. The zero-order chi connectivity index (χ0) is 13.7. The molecule has 0 bridgehead atoms. The normalized spacial score (nSPS) is 9.95. The lowest BCUT2D eigenvalue weighted by Gasteiger charge is -2.10. The molecule has 0 radical (unpaired) electrons. The molecule has 0 saturated heterocycles. The number of anilines is 1. The van der Waals surface area contributed by atoms with Gasteiger partial charge >= 0.3 is 0 Å². The Hall–Kier alpha value is -2.06. The third-order valence-corrected chi connectivity index (χ3v) is 3.49. The van der Waals surface area contributed by atoms with Crippen LogP contribution in [0.1, 0.15) is 16.8 Å². The average Bonchev–Trinajstić information content (AvgIpc) is 2.46. The summed E-state index contributed by atoms with van der Waals surface area (Å²) in [6, 6.07) is 8.34. The minimum atomic E-state index is 0.325. The Morgan fingerprint density at radius 3 is 2.79 bits per heavy atom. The van der Waals surface area contributed by atoms with Crippen LogP contribution in [0.5, 0.6) is 0 Å². The van der Waals surface area contributed by atoms with Gasteiger partial charge in [-0.05, 0) is 30.4 Å². The Labute approximate surface area is 116 Å². The van der Waals surface area contributed by atoms with E-state index < -0.39 is 0 Å². The first-order valence-electron chi connectivity index (χ1n) is 5.82. The molecule has 0 atom stereocenters. The highest BCUT2D eigenvalue weighted by Crippen LogP contribution is 2.22. The van der Waals surface area contributed by atoms with Gasteiger partial charge in [0.2, 0.25) is 0 Å². The maximum Gasteiger partial charge on any atom is 0.158 e. The summed E-state index contributed by atoms with van der Waals surface area (Å²) < 4.78 is 0. The van der Waals surface area contributed by atoms with Crippen molar-refractivity contribution in [3.05, 3.63) is 47.4 Å². The van der Waals surface area contributed by atoms with Gasteiger partial charge in [-0.25, -0.2) is 9.97 Å². The van der Waals surface area contributed by atoms with Crippen LogP contribution in [-0.4, -0.2) is 16.2 Å². The molecule has 1 aromatic carbocycles. The van der Waals surface area contributed by atoms with E-state index in [1.54, 1.807) is 18.0 Å². The van der Waals surface area contributed by atoms with Gasteiger partial charge in [-0.3, -0.25) is 0 Å². The lowest BCUT2D eigenvalue weighted by Crippen LogP contribution is -2.03. The number of hydrogen-bond acceptors (Lipinski definition) is 5. The molecule has 0 unspecified atom stereocenters. The highest BCUT2D eigenvalue weighted by molar-refractivity contribution is 7.98. The van der Waals surface area contributed by atoms with Crippen LogP contribution in [0.15, 0.2) is 35.5 Å². The second-order valence-corrected chi connectivity index (χ2v) is 4.92. The van der Waals surface area contributed by atoms with Crippen molar-refractivity contribution in [1.29, 1.82) is 5.26 Å². The summed E-state index contributed by atoms with van der Waals surface area (Å²) in [5, 5.41) is 11.9. The molecule has 1 aromatic heterocycles. The molecule has 0 amide bonds. The van der Waals surface area contributed by atoms with Gasteiger partial charge in [-0.1, -0.05) is 12.1 Å². The van der Waals surface area contributed by atoms with Crippen molar-refractivity contribution in [2.45, 2.75) is 18.4 Å². The van der Waals surface area contributed by atoms with E-state index in [1.165, 1.54) is 22.2 Å². The predicted octanol–water partition coefficient (Wildman–Crippen LogP) is 2.99. The maximum absolute atomic E-state index is 8.66. The highest BCUT2D eigenvalue weighted by Gasteiger charge is 2.03. The Morgan fingerprint density at radius 2 is 2.16 bits per heavy atom. The fourth-order valence-corrected chi connectivity index (χ4v) is 2.37. The van der Waals surface area contributed by atoms with Gasteiger partial charge in [-0.2, -0.15) is 5.26 Å². The van der Waals surface area contributed by atoms with Crippen LogP contribution in [0, 0.1) is 18.3 Å². The first-order chi connectivity index (χ1) is 9.22. The molecular weight excluding hydrogens is 256 g/mol. The molecule has 5 heteroatoms. The van der Waals surface area contributed by atoms with Crippen LogP contribution in [0.4, 0.5) is 5.82 Å². The standard InChI is InChI=1S/C14H14N4S/c1-10-3-4-11(13(5-10)19-2)7-17-14-9-16-12(6-15)8-18-14/h3-5,8-9H,7H2,1-2H3,(H,17,18). The number of hydrogen-bond donors (Lipinski definition) is 1. The van der Waals surface area contributed by atoms with E-state index >= 15 is 0 Å². The number of nitriles is 1. The fraction of sp³-hybridized carbons (Fsp3) is 0.214.